The van der Waals surface area contributed by atoms with Gasteiger partial charge in [-0.15, -0.1) is 0 Å². The lowest BCUT2D eigenvalue weighted by Gasteiger charge is -2.35. The molecular formula is C11H22N2O2. The molecule has 1 fully saturated rings. The molecule has 0 aliphatic carbocycles. The summed E-state index contributed by atoms with van der Waals surface area (Å²) < 4.78 is 5.65. The molecule has 0 bridgehead atoms. The number of carbonyl (C=O) groups excluding carboxylic acids is 1. The summed E-state index contributed by atoms with van der Waals surface area (Å²) >= 11 is 0. The molecular weight excluding hydrogens is 192 g/mol. The van der Waals surface area contributed by atoms with Crippen molar-refractivity contribution < 1.29 is 9.53 Å². The summed E-state index contributed by atoms with van der Waals surface area (Å²) in [5, 5.41) is 6.19. The van der Waals surface area contributed by atoms with E-state index in [9.17, 15) is 4.79 Å². The van der Waals surface area contributed by atoms with E-state index in [0.29, 0.717) is 13.2 Å². The SMILES string of the molecule is CC1(CNC(=O)C(C)(C)C)CNCCO1. The van der Waals surface area contributed by atoms with Crippen molar-refractivity contribution in [2.45, 2.75) is 33.3 Å². The largest absolute Gasteiger partial charge is 0.371 e. The van der Waals surface area contributed by atoms with E-state index in [1.807, 2.05) is 27.7 Å². The van der Waals surface area contributed by atoms with Gasteiger partial charge in [0.15, 0.2) is 0 Å². The molecule has 0 spiro atoms. The van der Waals surface area contributed by atoms with Crippen molar-refractivity contribution in [3.8, 4) is 0 Å². The number of carbonyl (C=O) groups is 1. The highest BCUT2D eigenvalue weighted by atomic mass is 16.5. The van der Waals surface area contributed by atoms with Crippen LogP contribution in [0, 0.1) is 5.41 Å². The molecule has 0 aromatic rings. The van der Waals surface area contributed by atoms with Gasteiger partial charge in [-0.25, -0.2) is 0 Å². The predicted molar refractivity (Wildman–Crippen MR) is 59.7 cm³/mol. The number of morpholine rings is 1. The topological polar surface area (TPSA) is 50.4 Å². The fourth-order valence-electron chi connectivity index (χ4n) is 1.42. The van der Waals surface area contributed by atoms with Crippen LogP contribution in [0.25, 0.3) is 0 Å². The monoisotopic (exact) mass is 214 g/mol. The highest BCUT2D eigenvalue weighted by molar-refractivity contribution is 5.81. The maximum absolute atomic E-state index is 11.7. The maximum atomic E-state index is 11.7. The minimum absolute atomic E-state index is 0.0675. The van der Waals surface area contributed by atoms with E-state index in [1.165, 1.54) is 0 Å². The normalized spacial score (nSPS) is 27.5. The first-order chi connectivity index (χ1) is 6.83. The van der Waals surface area contributed by atoms with E-state index < -0.39 is 0 Å². The van der Waals surface area contributed by atoms with E-state index >= 15 is 0 Å². The summed E-state index contributed by atoms with van der Waals surface area (Å²) in [7, 11) is 0. The average Bonchev–Trinajstić information content (AvgIpc) is 2.14. The van der Waals surface area contributed by atoms with Gasteiger partial charge in [0, 0.05) is 25.0 Å². The van der Waals surface area contributed by atoms with E-state index in [2.05, 4.69) is 10.6 Å². The molecule has 4 heteroatoms. The Morgan fingerprint density at radius 3 is 2.67 bits per heavy atom. The Labute approximate surface area is 91.8 Å². The first-order valence-electron chi connectivity index (χ1n) is 5.46. The number of hydrogen-bond acceptors (Lipinski definition) is 3. The predicted octanol–water partition coefficient (Wildman–Crippen LogP) is 0.527. The Bertz CT molecular complexity index is 227. The van der Waals surface area contributed by atoms with Crippen LogP contribution in [0.15, 0.2) is 0 Å². The summed E-state index contributed by atoms with van der Waals surface area (Å²) in [5.41, 5.74) is -0.600. The highest BCUT2D eigenvalue weighted by Gasteiger charge is 2.30. The van der Waals surface area contributed by atoms with Gasteiger partial charge in [-0.2, -0.15) is 0 Å². The summed E-state index contributed by atoms with van der Waals surface area (Å²) in [6.45, 7) is 10.7. The number of amides is 1. The molecule has 1 amide bonds. The van der Waals surface area contributed by atoms with Crippen molar-refractivity contribution in [3.05, 3.63) is 0 Å². The van der Waals surface area contributed by atoms with E-state index in [-0.39, 0.29) is 16.9 Å². The number of ether oxygens (including phenoxy) is 1. The quantitative estimate of drug-likeness (QED) is 0.705. The van der Waals surface area contributed by atoms with Gasteiger partial charge in [-0.3, -0.25) is 4.79 Å². The van der Waals surface area contributed by atoms with Gasteiger partial charge in [0.05, 0.1) is 12.2 Å². The Morgan fingerprint density at radius 2 is 2.20 bits per heavy atom. The molecule has 1 unspecified atom stereocenters. The zero-order valence-corrected chi connectivity index (χ0v) is 10.1. The smallest absolute Gasteiger partial charge is 0.225 e. The molecule has 4 nitrogen and oxygen atoms in total. The van der Waals surface area contributed by atoms with E-state index in [0.717, 1.165) is 13.1 Å². The molecule has 0 aromatic carbocycles. The van der Waals surface area contributed by atoms with E-state index in [4.69, 9.17) is 4.74 Å². The summed E-state index contributed by atoms with van der Waals surface area (Å²) in [6, 6.07) is 0. The van der Waals surface area contributed by atoms with Crippen molar-refractivity contribution in [2.75, 3.05) is 26.2 Å². The molecule has 1 saturated heterocycles. The summed E-state index contributed by atoms with van der Waals surface area (Å²) in [6.07, 6.45) is 0. The van der Waals surface area contributed by atoms with Crippen LogP contribution in [0.5, 0.6) is 0 Å². The van der Waals surface area contributed by atoms with Gasteiger partial charge in [0.1, 0.15) is 0 Å². The molecule has 88 valence electrons. The molecule has 1 rings (SSSR count). The van der Waals surface area contributed by atoms with Crippen LogP contribution in [0.1, 0.15) is 27.7 Å². The Morgan fingerprint density at radius 1 is 1.53 bits per heavy atom. The van der Waals surface area contributed by atoms with Crippen LogP contribution >= 0.6 is 0 Å². The third-order valence-corrected chi connectivity index (χ3v) is 2.53. The minimum Gasteiger partial charge on any atom is -0.371 e. The Hall–Kier alpha value is -0.610. The minimum atomic E-state index is -0.335. The molecule has 0 saturated carbocycles. The van der Waals surface area contributed by atoms with Gasteiger partial charge >= 0.3 is 0 Å². The lowest BCUT2D eigenvalue weighted by molar-refractivity contribution is -0.130. The lowest BCUT2D eigenvalue weighted by atomic mass is 9.95. The van der Waals surface area contributed by atoms with E-state index in [1.54, 1.807) is 0 Å². The van der Waals surface area contributed by atoms with Crippen molar-refractivity contribution in [1.29, 1.82) is 0 Å². The Kier molecular flexibility index (Phi) is 3.73. The van der Waals surface area contributed by atoms with Gasteiger partial charge in [0.2, 0.25) is 5.91 Å². The Balaban J connectivity index is 2.38. The number of rotatable bonds is 2. The van der Waals surface area contributed by atoms with Crippen molar-refractivity contribution in [2.24, 2.45) is 5.41 Å². The molecule has 1 aliphatic heterocycles. The molecule has 0 aromatic heterocycles. The first-order valence-corrected chi connectivity index (χ1v) is 5.46. The third kappa shape index (κ3) is 3.80. The summed E-state index contributed by atoms with van der Waals surface area (Å²) in [5.74, 6) is 0.0675. The molecule has 0 radical (unpaired) electrons. The van der Waals surface area contributed by atoms with Crippen LogP contribution in [0.3, 0.4) is 0 Å². The van der Waals surface area contributed by atoms with Gasteiger partial charge in [-0.05, 0) is 6.92 Å². The van der Waals surface area contributed by atoms with Gasteiger partial charge < -0.3 is 15.4 Å². The maximum Gasteiger partial charge on any atom is 0.225 e. The van der Waals surface area contributed by atoms with Crippen molar-refractivity contribution in [1.82, 2.24) is 10.6 Å². The third-order valence-electron chi connectivity index (χ3n) is 2.53. The van der Waals surface area contributed by atoms with Crippen molar-refractivity contribution in [3.63, 3.8) is 0 Å². The van der Waals surface area contributed by atoms with Crippen LogP contribution in [0.4, 0.5) is 0 Å². The molecule has 1 aliphatic rings. The standard InChI is InChI=1S/C11H22N2O2/c1-10(2,3)9(14)13-8-11(4)7-12-5-6-15-11/h12H,5-8H2,1-4H3,(H,13,14). The molecule has 1 atom stereocenters. The zero-order chi connectivity index (χ0) is 11.5. The van der Waals surface area contributed by atoms with Crippen molar-refractivity contribution >= 4 is 5.91 Å². The molecule has 1 heterocycles. The fraction of sp³-hybridized carbons (Fsp3) is 0.909. The second-order valence-electron chi connectivity index (χ2n) is 5.41. The molecule has 2 N–H and O–H groups in total. The zero-order valence-electron chi connectivity index (χ0n) is 10.1. The van der Waals surface area contributed by atoms with Crippen LogP contribution in [-0.2, 0) is 9.53 Å². The number of hydrogen-bond donors (Lipinski definition) is 2. The lowest BCUT2D eigenvalue weighted by Crippen LogP contribution is -2.55. The van der Waals surface area contributed by atoms with Crippen LogP contribution in [0.2, 0.25) is 0 Å². The highest BCUT2D eigenvalue weighted by Crippen LogP contribution is 2.15. The first kappa shape index (κ1) is 12.5. The second kappa shape index (κ2) is 4.49. The average molecular weight is 214 g/mol. The van der Waals surface area contributed by atoms with Gasteiger partial charge in [-0.1, -0.05) is 20.8 Å². The summed E-state index contributed by atoms with van der Waals surface area (Å²) in [4.78, 5) is 11.7. The number of nitrogens with one attached hydrogen (secondary N) is 2. The fourth-order valence-corrected chi connectivity index (χ4v) is 1.42. The van der Waals surface area contributed by atoms with Gasteiger partial charge in [0.25, 0.3) is 0 Å². The van der Waals surface area contributed by atoms with Crippen LogP contribution < -0.4 is 10.6 Å². The second-order valence-corrected chi connectivity index (χ2v) is 5.41. The van der Waals surface area contributed by atoms with Crippen LogP contribution in [-0.4, -0.2) is 37.7 Å². The molecule has 15 heavy (non-hydrogen) atoms.